The molecule has 124 valence electrons. The molecule has 1 aliphatic rings. The van der Waals surface area contributed by atoms with Crippen molar-refractivity contribution < 1.29 is 15.0 Å². The van der Waals surface area contributed by atoms with Crippen LogP contribution in [0.25, 0.3) is 0 Å². The fourth-order valence-corrected chi connectivity index (χ4v) is 3.17. The summed E-state index contributed by atoms with van der Waals surface area (Å²) < 4.78 is 0. The monoisotopic (exact) mass is 299 g/mol. The van der Waals surface area contributed by atoms with Crippen molar-refractivity contribution in [2.45, 2.75) is 95.6 Å². The van der Waals surface area contributed by atoms with Crippen molar-refractivity contribution in [3.05, 3.63) is 0 Å². The van der Waals surface area contributed by atoms with Gasteiger partial charge in [-0.2, -0.15) is 0 Å². The van der Waals surface area contributed by atoms with Gasteiger partial charge in [-0.15, -0.1) is 0 Å². The Morgan fingerprint density at radius 2 is 1.24 bits per heavy atom. The largest absolute Gasteiger partial charge is 0.480 e. The van der Waals surface area contributed by atoms with E-state index in [-0.39, 0.29) is 12.6 Å². The van der Waals surface area contributed by atoms with Crippen LogP contribution in [-0.2, 0) is 4.79 Å². The van der Waals surface area contributed by atoms with Crippen LogP contribution in [-0.4, -0.2) is 34.9 Å². The van der Waals surface area contributed by atoms with E-state index in [2.05, 4.69) is 5.32 Å². The maximum atomic E-state index is 11.0. The van der Waals surface area contributed by atoms with Gasteiger partial charge in [0.15, 0.2) is 0 Å². The quantitative estimate of drug-likeness (QED) is 0.743. The number of aliphatic carboxylic acids is 1. The van der Waals surface area contributed by atoms with Crippen molar-refractivity contribution >= 4 is 5.97 Å². The Balaban J connectivity index is 2.39. The van der Waals surface area contributed by atoms with Gasteiger partial charge in [-0.05, 0) is 12.8 Å². The van der Waals surface area contributed by atoms with E-state index in [1.165, 1.54) is 57.8 Å². The highest BCUT2D eigenvalue weighted by Crippen LogP contribution is 2.17. The predicted molar refractivity (Wildman–Crippen MR) is 85.5 cm³/mol. The van der Waals surface area contributed by atoms with E-state index in [0.717, 1.165) is 25.7 Å². The Morgan fingerprint density at radius 1 is 0.857 bits per heavy atom. The van der Waals surface area contributed by atoms with E-state index in [9.17, 15) is 4.79 Å². The number of carboxylic acid groups (broad SMARTS) is 1. The first kappa shape index (κ1) is 18.4. The Bertz CT molecular complexity index is 257. The average Bonchev–Trinajstić information content (AvgIpc) is 2.47. The number of aliphatic hydroxyl groups is 1. The van der Waals surface area contributed by atoms with E-state index in [1.54, 1.807) is 0 Å². The molecule has 0 unspecified atom stereocenters. The van der Waals surface area contributed by atoms with Gasteiger partial charge in [-0.3, -0.25) is 10.1 Å². The van der Waals surface area contributed by atoms with Crippen molar-refractivity contribution in [1.82, 2.24) is 5.32 Å². The molecule has 0 aromatic heterocycles. The number of hydrogen-bond acceptors (Lipinski definition) is 3. The Kier molecular flexibility index (Phi) is 10.5. The molecule has 1 rings (SSSR count). The van der Waals surface area contributed by atoms with Crippen LogP contribution in [0.1, 0.15) is 83.5 Å². The molecule has 21 heavy (non-hydrogen) atoms. The highest BCUT2D eigenvalue weighted by molar-refractivity contribution is 5.73. The van der Waals surface area contributed by atoms with Crippen LogP contribution in [0.4, 0.5) is 0 Å². The lowest BCUT2D eigenvalue weighted by atomic mass is 9.98. The van der Waals surface area contributed by atoms with Gasteiger partial charge in [-0.25, -0.2) is 0 Å². The molecular formula is C17H33NO3. The van der Waals surface area contributed by atoms with Gasteiger partial charge in [-0.1, -0.05) is 70.6 Å². The highest BCUT2D eigenvalue weighted by Gasteiger charge is 2.20. The van der Waals surface area contributed by atoms with E-state index in [4.69, 9.17) is 10.2 Å². The third-order valence-corrected chi connectivity index (χ3v) is 4.52. The molecule has 0 aliphatic heterocycles. The van der Waals surface area contributed by atoms with Crippen LogP contribution in [0, 0.1) is 0 Å². The van der Waals surface area contributed by atoms with E-state index in [0.29, 0.717) is 0 Å². The average molecular weight is 299 g/mol. The predicted octanol–water partition coefficient (Wildman–Crippen LogP) is 3.48. The normalized spacial score (nSPS) is 22.3. The summed E-state index contributed by atoms with van der Waals surface area (Å²) in [5.74, 6) is -0.947. The Hall–Kier alpha value is -0.610. The van der Waals surface area contributed by atoms with Gasteiger partial charge in [0.1, 0.15) is 6.04 Å². The summed E-state index contributed by atoms with van der Waals surface area (Å²) in [7, 11) is 0. The molecule has 4 nitrogen and oxygen atoms in total. The molecule has 0 saturated heterocycles. The summed E-state index contributed by atoms with van der Waals surface area (Å²) in [4.78, 5) is 11.0. The minimum atomic E-state index is -0.947. The number of rotatable bonds is 4. The van der Waals surface area contributed by atoms with Crippen molar-refractivity contribution in [2.75, 3.05) is 6.61 Å². The fourth-order valence-electron chi connectivity index (χ4n) is 3.17. The summed E-state index contributed by atoms with van der Waals surface area (Å²) in [5.41, 5.74) is 0. The molecular weight excluding hydrogens is 266 g/mol. The van der Waals surface area contributed by atoms with Gasteiger partial charge < -0.3 is 10.2 Å². The molecule has 0 aromatic rings. The molecule has 0 bridgehead atoms. The minimum absolute atomic E-state index is 0.237. The highest BCUT2D eigenvalue weighted by atomic mass is 16.4. The first-order chi connectivity index (χ1) is 10.2. The topological polar surface area (TPSA) is 69.6 Å². The van der Waals surface area contributed by atoms with E-state index in [1.807, 2.05) is 0 Å². The fraction of sp³-hybridized carbons (Fsp3) is 0.941. The molecule has 0 amide bonds. The lowest BCUT2D eigenvalue weighted by Crippen LogP contribution is -2.45. The molecule has 1 saturated carbocycles. The Labute approximate surface area is 129 Å². The van der Waals surface area contributed by atoms with Gasteiger partial charge in [0.2, 0.25) is 0 Å². The molecule has 0 aromatic carbocycles. The van der Waals surface area contributed by atoms with Crippen molar-refractivity contribution in [2.24, 2.45) is 0 Å². The zero-order valence-electron chi connectivity index (χ0n) is 13.4. The number of hydrogen-bond donors (Lipinski definition) is 3. The van der Waals surface area contributed by atoms with E-state index < -0.39 is 12.0 Å². The molecule has 0 radical (unpaired) electrons. The van der Waals surface area contributed by atoms with Crippen LogP contribution in [0.5, 0.6) is 0 Å². The minimum Gasteiger partial charge on any atom is -0.480 e. The van der Waals surface area contributed by atoms with Gasteiger partial charge >= 0.3 is 5.97 Å². The summed E-state index contributed by atoms with van der Waals surface area (Å²) in [6.45, 7) is -0.328. The second kappa shape index (κ2) is 12.0. The van der Waals surface area contributed by atoms with Crippen molar-refractivity contribution in [3.63, 3.8) is 0 Å². The van der Waals surface area contributed by atoms with E-state index >= 15 is 0 Å². The van der Waals surface area contributed by atoms with Crippen LogP contribution in [0.3, 0.4) is 0 Å². The van der Waals surface area contributed by atoms with Crippen LogP contribution in [0.15, 0.2) is 0 Å². The second-order valence-electron chi connectivity index (χ2n) is 6.40. The van der Waals surface area contributed by atoms with Crippen LogP contribution in [0.2, 0.25) is 0 Å². The SMILES string of the molecule is O=C(O)[C@H](CO)NC1CCCCCCCCCCCCC1. The lowest BCUT2D eigenvalue weighted by molar-refractivity contribution is -0.140. The number of carboxylic acids is 1. The molecule has 1 aliphatic carbocycles. The number of nitrogens with one attached hydrogen (secondary N) is 1. The zero-order valence-corrected chi connectivity index (χ0v) is 13.4. The van der Waals surface area contributed by atoms with Gasteiger partial charge in [0.05, 0.1) is 6.61 Å². The summed E-state index contributed by atoms with van der Waals surface area (Å²) in [6, 6.07) is -0.574. The third-order valence-electron chi connectivity index (χ3n) is 4.52. The molecule has 0 heterocycles. The summed E-state index contributed by atoms with van der Waals surface area (Å²) in [6.07, 6.45) is 16.3. The summed E-state index contributed by atoms with van der Waals surface area (Å²) >= 11 is 0. The standard InChI is InChI=1S/C17H33NO3/c19-14-16(17(20)21)18-15-12-10-8-6-4-2-1-3-5-7-9-11-13-15/h15-16,18-19H,1-14H2,(H,20,21)/t16-/m0/s1. The molecule has 4 heteroatoms. The van der Waals surface area contributed by atoms with Gasteiger partial charge in [0, 0.05) is 6.04 Å². The second-order valence-corrected chi connectivity index (χ2v) is 6.40. The first-order valence-electron chi connectivity index (χ1n) is 8.83. The zero-order chi connectivity index (χ0) is 15.3. The third kappa shape index (κ3) is 9.10. The number of carbonyl (C=O) groups is 1. The first-order valence-corrected chi connectivity index (χ1v) is 8.83. The Morgan fingerprint density at radius 3 is 1.57 bits per heavy atom. The van der Waals surface area contributed by atoms with Crippen LogP contribution >= 0.6 is 0 Å². The maximum Gasteiger partial charge on any atom is 0.323 e. The smallest absolute Gasteiger partial charge is 0.323 e. The maximum absolute atomic E-state index is 11.0. The van der Waals surface area contributed by atoms with Crippen molar-refractivity contribution in [3.8, 4) is 0 Å². The molecule has 1 atom stereocenters. The molecule has 3 N–H and O–H groups in total. The lowest BCUT2D eigenvalue weighted by Gasteiger charge is -2.22. The number of aliphatic hydroxyl groups excluding tert-OH is 1. The molecule has 0 spiro atoms. The van der Waals surface area contributed by atoms with Gasteiger partial charge in [0.25, 0.3) is 0 Å². The summed E-state index contributed by atoms with van der Waals surface area (Å²) in [5, 5.41) is 21.4. The molecule has 1 fully saturated rings. The van der Waals surface area contributed by atoms with Crippen molar-refractivity contribution in [1.29, 1.82) is 0 Å². The van der Waals surface area contributed by atoms with Crippen LogP contribution < -0.4 is 5.32 Å².